The molecule has 0 aliphatic rings. The first kappa shape index (κ1) is 25.5. The molecule has 0 radical (unpaired) electrons. The Hall–Kier alpha value is -1.75. The number of nitrogens with one attached hydrogen (secondary N) is 1. The van der Waals surface area contributed by atoms with Gasteiger partial charge in [-0.1, -0.05) is 72.9 Å². The van der Waals surface area contributed by atoms with Gasteiger partial charge in [-0.3, -0.25) is 9.59 Å². The van der Waals surface area contributed by atoms with Crippen LogP contribution in [0.3, 0.4) is 0 Å². The highest BCUT2D eigenvalue weighted by atomic mass is 35.5. The van der Waals surface area contributed by atoms with Gasteiger partial charge in [0.05, 0.1) is 0 Å². The molecule has 0 aromatic heterocycles. The highest BCUT2D eigenvalue weighted by Crippen LogP contribution is 2.25. The van der Waals surface area contributed by atoms with E-state index in [0.717, 1.165) is 17.5 Å². The molecule has 0 aliphatic heterocycles. The van der Waals surface area contributed by atoms with Crippen LogP contribution in [-0.4, -0.2) is 28.8 Å². The molecule has 0 fully saturated rings. The van der Waals surface area contributed by atoms with E-state index < -0.39 is 6.04 Å². The van der Waals surface area contributed by atoms with Crippen molar-refractivity contribution in [2.45, 2.75) is 65.1 Å². The maximum Gasteiger partial charge on any atom is 0.243 e. The van der Waals surface area contributed by atoms with Crippen LogP contribution in [0.1, 0.15) is 51.2 Å². The maximum atomic E-state index is 13.3. The molecule has 31 heavy (non-hydrogen) atoms. The Bertz CT molecular complexity index is 904. The number of hydrogen-bond acceptors (Lipinski definition) is 2. The van der Waals surface area contributed by atoms with Crippen LogP contribution in [0.5, 0.6) is 0 Å². The van der Waals surface area contributed by atoms with Gasteiger partial charge in [-0.05, 0) is 55.5 Å². The van der Waals surface area contributed by atoms with Crippen LogP contribution < -0.4 is 5.32 Å². The molecule has 7 heteroatoms. The van der Waals surface area contributed by atoms with E-state index in [9.17, 15) is 9.59 Å². The fourth-order valence-electron chi connectivity index (χ4n) is 3.28. The Labute approximate surface area is 199 Å². The lowest BCUT2D eigenvalue weighted by atomic mass is 10.1. The zero-order chi connectivity index (χ0) is 23.0. The summed E-state index contributed by atoms with van der Waals surface area (Å²) < 4.78 is 0. The number of aryl methyl sites for hydroxylation is 1. The standard InChI is InChI=1S/C24H29Cl3N2O2/c1-4-16(3)28-24(31)22(5-2)29(15-18-10-12-19(25)14-21(18)27)23(30)13-11-17-8-6-7-9-20(17)26/h6-10,12,14,16,22H,4-5,11,13,15H2,1-3H3,(H,28,31)/t16-,22-/m1/s1. The Balaban J connectivity index is 2.27. The minimum atomic E-state index is -0.598. The van der Waals surface area contributed by atoms with Gasteiger partial charge in [0.25, 0.3) is 0 Å². The second-order valence-electron chi connectivity index (χ2n) is 7.59. The molecule has 0 saturated carbocycles. The summed E-state index contributed by atoms with van der Waals surface area (Å²) in [6.07, 6.45) is 2.03. The topological polar surface area (TPSA) is 49.4 Å². The van der Waals surface area contributed by atoms with Crippen molar-refractivity contribution in [3.05, 3.63) is 68.7 Å². The summed E-state index contributed by atoms with van der Waals surface area (Å²) in [6.45, 7) is 6.08. The molecule has 2 aromatic carbocycles. The van der Waals surface area contributed by atoms with Crippen LogP contribution in [0.25, 0.3) is 0 Å². The molecule has 0 unspecified atom stereocenters. The fraction of sp³-hybridized carbons (Fsp3) is 0.417. The predicted octanol–water partition coefficient (Wildman–Crippen LogP) is 6.30. The van der Waals surface area contributed by atoms with Gasteiger partial charge in [-0.25, -0.2) is 0 Å². The molecular formula is C24H29Cl3N2O2. The Kier molecular flexibility index (Phi) is 10.1. The van der Waals surface area contributed by atoms with Gasteiger partial charge >= 0.3 is 0 Å². The zero-order valence-electron chi connectivity index (χ0n) is 18.1. The van der Waals surface area contributed by atoms with Gasteiger partial charge in [0.1, 0.15) is 6.04 Å². The largest absolute Gasteiger partial charge is 0.352 e. The van der Waals surface area contributed by atoms with Crippen LogP contribution in [0, 0.1) is 0 Å². The van der Waals surface area contributed by atoms with E-state index in [1.54, 1.807) is 29.2 Å². The summed E-state index contributed by atoms with van der Waals surface area (Å²) in [7, 11) is 0. The third-order valence-corrected chi connectivity index (χ3v) is 6.26. The SMILES string of the molecule is CC[C@@H](C)NC(=O)[C@@H](CC)N(Cc1ccc(Cl)cc1Cl)C(=O)CCc1ccccc1Cl. The van der Waals surface area contributed by atoms with Crippen LogP contribution >= 0.6 is 34.8 Å². The Morgan fingerprint density at radius 1 is 0.968 bits per heavy atom. The molecule has 2 atom stereocenters. The second-order valence-corrected chi connectivity index (χ2v) is 8.84. The van der Waals surface area contributed by atoms with E-state index in [4.69, 9.17) is 34.8 Å². The average Bonchev–Trinajstić information content (AvgIpc) is 2.74. The van der Waals surface area contributed by atoms with E-state index in [0.29, 0.717) is 27.9 Å². The molecule has 1 N–H and O–H groups in total. The van der Waals surface area contributed by atoms with Gasteiger partial charge < -0.3 is 10.2 Å². The van der Waals surface area contributed by atoms with Gasteiger partial charge in [-0.15, -0.1) is 0 Å². The zero-order valence-corrected chi connectivity index (χ0v) is 20.4. The summed E-state index contributed by atoms with van der Waals surface area (Å²) in [5, 5.41) is 4.62. The summed E-state index contributed by atoms with van der Waals surface area (Å²) >= 11 is 18.6. The number of carbonyl (C=O) groups is 2. The van der Waals surface area contributed by atoms with E-state index in [-0.39, 0.29) is 30.8 Å². The molecule has 2 aromatic rings. The Morgan fingerprint density at radius 2 is 1.68 bits per heavy atom. The second kappa shape index (κ2) is 12.3. The molecule has 0 bridgehead atoms. The van der Waals surface area contributed by atoms with Crippen molar-refractivity contribution in [1.29, 1.82) is 0 Å². The lowest BCUT2D eigenvalue weighted by molar-refractivity contribution is -0.141. The monoisotopic (exact) mass is 482 g/mol. The highest BCUT2D eigenvalue weighted by Gasteiger charge is 2.29. The van der Waals surface area contributed by atoms with E-state index in [1.165, 1.54) is 0 Å². The maximum absolute atomic E-state index is 13.3. The minimum absolute atomic E-state index is 0.0285. The van der Waals surface area contributed by atoms with E-state index >= 15 is 0 Å². The molecule has 0 heterocycles. The molecule has 168 valence electrons. The van der Waals surface area contributed by atoms with Gasteiger partial charge in [0.15, 0.2) is 0 Å². The molecule has 4 nitrogen and oxygen atoms in total. The van der Waals surface area contributed by atoms with Crippen LogP contribution in [0.4, 0.5) is 0 Å². The first-order valence-electron chi connectivity index (χ1n) is 10.5. The first-order valence-corrected chi connectivity index (χ1v) is 11.7. The smallest absolute Gasteiger partial charge is 0.243 e. The summed E-state index contributed by atoms with van der Waals surface area (Å²) in [5.74, 6) is -0.287. The predicted molar refractivity (Wildman–Crippen MR) is 129 cm³/mol. The lowest BCUT2D eigenvalue weighted by Crippen LogP contribution is -2.50. The van der Waals surface area contributed by atoms with Crippen molar-refractivity contribution in [3.8, 4) is 0 Å². The number of rotatable bonds is 10. The fourth-order valence-corrected chi connectivity index (χ4v) is 3.98. The Morgan fingerprint density at radius 3 is 2.29 bits per heavy atom. The quantitative estimate of drug-likeness (QED) is 0.431. The van der Waals surface area contributed by atoms with Crippen molar-refractivity contribution in [1.82, 2.24) is 10.2 Å². The average molecular weight is 484 g/mol. The van der Waals surface area contributed by atoms with Crippen LogP contribution in [0.2, 0.25) is 15.1 Å². The van der Waals surface area contributed by atoms with Crippen LogP contribution in [0.15, 0.2) is 42.5 Å². The lowest BCUT2D eigenvalue weighted by Gasteiger charge is -2.32. The molecular weight excluding hydrogens is 455 g/mol. The molecule has 2 rings (SSSR count). The van der Waals surface area contributed by atoms with Gasteiger partial charge in [-0.2, -0.15) is 0 Å². The first-order chi connectivity index (χ1) is 14.8. The molecule has 2 amide bonds. The number of hydrogen-bond donors (Lipinski definition) is 1. The number of carbonyl (C=O) groups excluding carboxylic acids is 2. The summed E-state index contributed by atoms with van der Waals surface area (Å²) in [6, 6.07) is 12.1. The third-order valence-electron chi connectivity index (χ3n) is 5.31. The van der Waals surface area contributed by atoms with Crippen LogP contribution in [-0.2, 0) is 22.6 Å². The summed E-state index contributed by atoms with van der Waals surface area (Å²) in [4.78, 5) is 27.9. The van der Waals surface area contributed by atoms with Gasteiger partial charge in [0.2, 0.25) is 11.8 Å². The van der Waals surface area contributed by atoms with Crippen molar-refractivity contribution < 1.29 is 9.59 Å². The van der Waals surface area contributed by atoms with Crippen molar-refractivity contribution in [2.75, 3.05) is 0 Å². The van der Waals surface area contributed by atoms with E-state index in [2.05, 4.69) is 5.32 Å². The molecule has 0 spiro atoms. The van der Waals surface area contributed by atoms with Gasteiger partial charge in [0, 0.05) is 34.1 Å². The van der Waals surface area contributed by atoms with Crippen molar-refractivity contribution >= 4 is 46.6 Å². The van der Waals surface area contributed by atoms with E-state index in [1.807, 2.05) is 39.0 Å². The highest BCUT2D eigenvalue weighted by molar-refractivity contribution is 6.35. The molecule has 0 aliphatic carbocycles. The minimum Gasteiger partial charge on any atom is -0.352 e. The number of halogens is 3. The number of amides is 2. The normalized spacial score (nSPS) is 12.8. The molecule has 0 saturated heterocycles. The summed E-state index contributed by atoms with van der Waals surface area (Å²) in [5.41, 5.74) is 1.64. The number of benzene rings is 2. The number of nitrogens with zero attached hydrogens (tertiary/aromatic N) is 1. The van der Waals surface area contributed by atoms with Crippen molar-refractivity contribution in [2.24, 2.45) is 0 Å². The third kappa shape index (κ3) is 7.41. The van der Waals surface area contributed by atoms with Crippen molar-refractivity contribution in [3.63, 3.8) is 0 Å².